The first-order valence-corrected chi connectivity index (χ1v) is 6.04. The summed E-state index contributed by atoms with van der Waals surface area (Å²) in [6.07, 6.45) is 0.693. The fourth-order valence-electron chi connectivity index (χ4n) is 1.58. The van der Waals surface area contributed by atoms with Crippen LogP contribution in [0.3, 0.4) is 0 Å². The third-order valence-electron chi connectivity index (χ3n) is 2.51. The molecule has 0 unspecified atom stereocenters. The fourth-order valence-corrected chi connectivity index (χ4v) is 1.58. The summed E-state index contributed by atoms with van der Waals surface area (Å²) in [4.78, 5) is 15.5. The molecule has 0 bridgehead atoms. The van der Waals surface area contributed by atoms with E-state index < -0.39 is 0 Å². The number of carbonyl (C=O) groups excluding carboxylic acids is 1. The summed E-state index contributed by atoms with van der Waals surface area (Å²) in [6, 6.07) is 5.82. The monoisotopic (exact) mass is 263 g/mol. The van der Waals surface area contributed by atoms with E-state index in [0.717, 1.165) is 0 Å². The number of aromatic nitrogens is 2. The fraction of sp³-hybridized carbons (Fsp3) is 0.308. The van der Waals surface area contributed by atoms with Crippen molar-refractivity contribution in [1.29, 1.82) is 0 Å². The van der Waals surface area contributed by atoms with Crippen LogP contribution in [0.1, 0.15) is 19.2 Å². The van der Waals surface area contributed by atoms with Crippen molar-refractivity contribution < 1.29 is 13.7 Å². The van der Waals surface area contributed by atoms with E-state index in [2.05, 4.69) is 15.5 Å². The first kappa shape index (κ1) is 13.2. The Hall–Kier alpha value is -2.24. The number of hydrogen-bond donors (Lipinski definition) is 1. The van der Waals surface area contributed by atoms with E-state index in [0.29, 0.717) is 36.7 Å². The Morgan fingerprint density at radius 2 is 2.11 bits per heavy atom. The number of amides is 1. The van der Waals surface area contributed by atoms with Crippen LogP contribution in [0.15, 0.2) is 28.8 Å². The molecule has 0 saturated heterocycles. The maximum absolute atomic E-state index is 12.8. The minimum Gasteiger partial charge on any atom is -0.356 e. The Morgan fingerprint density at radius 3 is 2.79 bits per heavy atom. The number of rotatable bonds is 5. The van der Waals surface area contributed by atoms with Crippen molar-refractivity contribution in [1.82, 2.24) is 15.5 Å². The van der Waals surface area contributed by atoms with Crippen LogP contribution in [0, 0.1) is 5.82 Å². The van der Waals surface area contributed by atoms with Gasteiger partial charge >= 0.3 is 0 Å². The minimum atomic E-state index is -0.316. The highest BCUT2D eigenvalue weighted by Crippen LogP contribution is 2.16. The van der Waals surface area contributed by atoms with Gasteiger partial charge in [0, 0.05) is 24.9 Å². The maximum atomic E-state index is 12.8. The Labute approximate surface area is 109 Å². The molecular weight excluding hydrogens is 249 g/mol. The van der Waals surface area contributed by atoms with Gasteiger partial charge in [-0.05, 0) is 31.2 Å². The predicted octanol–water partition coefficient (Wildman–Crippen LogP) is 1.94. The summed E-state index contributed by atoms with van der Waals surface area (Å²) in [7, 11) is 0. The van der Waals surface area contributed by atoms with Crippen molar-refractivity contribution in [3.63, 3.8) is 0 Å². The lowest BCUT2D eigenvalue weighted by atomic mass is 10.2. The van der Waals surface area contributed by atoms with Crippen molar-refractivity contribution >= 4 is 5.91 Å². The number of carbonyl (C=O) groups is 1. The zero-order valence-electron chi connectivity index (χ0n) is 10.5. The highest BCUT2D eigenvalue weighted by molar-refractivity contribution is 5.75. The quantitative estimate of drug-likeness (QED) is 0.895. The van der Waals surface area contributed by atoms with Crippen LogP contribution in [0.5, 0.6) is 0 Å². The summed E-state index contributed by atoms with van der Waals surface area (Å²) >= 11 is 0. The molecule has 0 aliphatic carbocycles. The topological polar surface area (TPSA) is 68.0 Å². The summed E-state index contributed by atoms with van der Waals surface area (Å²) in [5.74, 6) is 0.421. The van der Waals surface area contributed by atoms with Gasteiger partial charge in [-0.3, -0.25) is 4.79 Å². The lowest BCUT2D eigenvalue weighted by Gasteiger charge is -1.98. The van der Waals surface area contributed by atoms with Crippen LogP contribution < -0.4 is 5.32 Å². The number of nitrogens with zero attached hydrogens (tertiary/aromatic N) is 2. The van der Waals surface area contributed by atoms with Crippen molar-refractivity contribution in [2.75, 3.05) is 6.54 Å². The standard InChI is InChI=1S/C13H14FN3O2/c1-2-15-11(18)7-8-12-16-13(17-19-12)9-3-5-10(14)6-4-9/h3-6H,2,7-8H2,1H3,(H,15,18). The molecule has 2 aromatic rings. The Kier molecular flexibility index (Phi) is 4.22. The van der Waals surface area contributed by atoms with Crippen LogP contribution >= 0.6 is 0 Å². The molecule has 0 atom stereocenters. The van der Waals surface area contributed by atoms with Crippen LogP contribution in [0.25, 0.3) is 11.4 Å². The van der Waals surface area contributed by atoms with Gasteiger partial charge in [-0.25, -0.2) is 4.39 Å². The molecule has 0 aliphatic rings. The van der Waals surface area contributed by atoms with Gasteiger partial charge in [0.25, 0.3) is 0 Å². The molecule has 0 fully saturated rings. The lowest BCUT2D eigenvalue weighted by Crippen LogP contribution is -2.22. The molecule has 19 heavy (non-hydrogen) atoms. The molecule has 1 aromatic carbocycles. The SMILES string of the molecule is CCNC(=O)CCc1nc(-c2ccc(F)cc2)no1. The third kappa shape index (κ3) is 3.61. The average Bonchev–Trinajstić information content (AvgIpc) is 2.86. The second kappa shape index (κ2) is 6.08. The third-order valence-corrected chi connectivity index (χ3v) is 2.51. The minimum absolute atomic E-state index is 0.0518. The Bertz CT molecular complexity index is 551. The second-order valence-corrected chi connectivity index (χ2v) is 3.97. The average molecular weight is 263 g/mol. The molecule has 0 radical (unpaired) electrons. The Morgan fingerprint density at radius 1 is 1.37 bits per heavy atom. The molecule has 0 aliphatic heterocycles. The molecule has 6 heteroatoms. The molecule has 100 valence electrons. The van der Waals surface area contributed by atoms with E-state index in [9.17, 15) is 9.18 Å². The molecule has 0 spiro atoms. The van der Waals surface area contributed by atoms with Crippen molar-refractivity contribution in [3.8, 4) is 11.4 Å². The highest BCUT2D eigenvalue weighted by atomic mass is 19.1. The number of hydrogen-bond acceptors (Lipinski definition) is 4. The van der Waals surface area contributed by atoms with Crippen LogP contribution in [-0.4, -0.2) is 22.6 Å². The number of nitrogens with one attached hydrogen (secondary N) is 1. The first-order chi connectivity index (χ1) is 9.19. The van der Waals surface area contributed by atoms with Crippen LogP contribution in [0.2, 0.25) is 0 Å². The summed E-state index contributed by atoms with van der Waals surface area (Å²) in [5, 5.41) is 6.49. The van der Waals surface area contributed by atoms with Gasteiger partial charge < -0.3 is 9.84 Å². The second-order valence-electron chi connectivity index (χ2n) is 3.97. The summed E-state index contributed by atoms with van der Waals surface area (Å²) in [5.41, 5.74) is 0.675. The van der Waals surface area contributed by atoms with E-state index in [1.807, 2.05) is 6.92 Å². The van der Waals surface area contributed by atoms with Gasteiger partial charge in [0.15, 0.2) is 0 Å². The molecule has 1 aromatic heterocycles. The number of halogens is 1. The molecule has 5 nitrogen and oxygen atoms in total. The van der Waals surface area contributed by atoms with E-state index in [-0.39, 0.29) is 11.7 Å². The number of benzene rings is 1. The van der Waals surface area contributed by atoms with Crippen LogP contribution in [-0.2, 0) is 11.2 Å². The van der Waals surface area contributed by atoms with Crippen molar-refractivity contribution in [3.05, 3.63) is 36.0 Å². The molecule has 1 amide bonds. The Balaban J connectivity index is 1.99. The van der Waals surface area contributed by atoms with Crippen LogP contribution in [0.4, 0.5) is 4.39 Å². The maximum Gasteiger partial charge on any atom is 0.227 e. The van der Waals surface area contributed by atoms with Gasteiger partial charge in [-0.2, -0.15) is 4.98 Å². The van der Waals surface area contributed by atoms with Gasteiger partial charge in [0.2, 0.25) is 17.6 Å². The largest absolute Gasteiger partial charge is 0.356 e. The zero-order chi connectivity index (χ0) is 13.7. The summed E-state index contributed by atoms with van der Waals surface area (Å²) in [6.45, 7) is 2.46. The van der Waals surface area contributed by atoms with E-state index >= 15 is 0 Å². The summed E-state index contributed by atoms with van der Waals surface area (Å²) < 4.78 is 17.8. The predicted molar refractivity (Wildman–Crippen MR) is 66.7 cm³/mol. The molecule has 2 rings (SSSR count). The number of aryl methyl sites for hydroxylation is 1. The lowest BCUT2D eigenvalue weighted by molar-refractivity contribution is -0.121. The first-order valence-electron chi connectivity index (χ1n) is 6.04. The molecule has 1 N–H and O–H groups in total. The van der Waals surface area contributed by atoms with E-state index in [4.69, 9.17) is 4.52 Å². The van der Waals surface area contributed by atoms with Gasteiger partial charge in [-0.1, -0.05) is 5.16 Å². The van der Waals surface area contributed by atoms with E-state index in [1.165, 1.54) is 12.1 Å². The normalized spacial score (nSPS) is 10.4. The van der Waals surface area contributed by atoms with Crippen molar-refractivity contribution in [2.45, 2.75) is 19.8 Å². The van der Waals surface area contributed by atoms with Crippen molar-refractivity contribution in [2.24, 2.45) is 0 Å². The van der Waals surface area contributed by atoms with Gasteiger partial charge in [0.1, 0.15) is 5.82 Å². The molecule has 0 saturated carbocycles. The molecule has 1 heterocycles. The van der Waals surface area contributed by atoms with Gasteiger partial charge in [0.05, 0.1) is 0 Å². The smallest absolute Gasteiger partial charge is 0.227 e. The highest BCUT2D eigenvalue weighted by Gasteiger charge is 2.10. The zero-order valence-corrected chi connectivity index (χ0v) is 10.5. The van der Waals surface area contributed by atoms with Gasteiger partial charge in [-0.15, -0.1) is 0 Å². The van der Waals surface area contributed by atoms with E-state index in [1.54, 1.807) is 12.1 Å². The molecular formula is C13H14FN3O2.